The number of hydrazine groups is 1. The summed E-state index contributed by atoms with van der Waals surface area (Å²) < 4.78 is 3.57. The maximum atomic E-state index is 11.0. The lowest BCUT2D eigenvalue weighted by atomic mass is 10.1. The first-order valence-corrected chi connectivity index (χ1v) is 10.4. The Hall–Kier alpha value is -2.08. The van der Waals surface area contributed by atoms with Gasteiger partial charge in [-0.15, -0.1) is 5.10 Å². The number of fused-ring (bicyclic) bond motifs is 1. The number of carbonyl (C=O) groups excluding carboxylic acids is 1. The molecule has 0 aliphatic carbocycles. The van der Waals surface area contributed by atoms with Gasteiger partial charge >= 0.3 is 4.96 Å². The number of rotatable bonds is 5. The molecule has 3 aromatic heterocycles. The Morgan fingerprint density at radius 3 is 2.62 bits per heavy atom. The number of nitrogens with one attached hydrogen (secondary N) is 1. The largest absolute Gasteiger partial charge is 0.352 e. The molecule has 1 atom stereocenters. The Morgan fingerprint density at radius 1 is 1.23 bits per heavy atom. The fourth-order valence-corrected chi connectivity index (χ4v) is 5.15. The normalized spacial score (nSPS) is 12.1. The molecule has 8 nitrogen and oxygen atoms in total. The molecule has 1 aromatic carbocycles. The van der Waals surface area contributed by atoms with Crippen LogP contribution in [0.5, 0.6) is 0 Å². The number of carbonyl (C=O) groups is 1. The van der Waals surface area contributed by atoms with Crippen molar-refractivity contribution < 1.29 is 4.79 Å². The summed E-state index contributed by atoms with van der Waals surface area (Å²) in [5.41, 5.74) is 1.64. The zero-order valence-corrected chi connectivity index (χ0v) is 17.4. The molecule has 4 rings (SSSR count). The van der Waals surface area contributed by atoms with Crippen LogP contribution in [0.25, 0.3) is 15.4 Å². The lowest BCUT2D eigenvalue weighted by molar-refractivity contribution is 0.112. The number of benzene rings is 1. The van der Waals surface area contributed by atoms with Crippen molar-refractivity contribution in [3.8, 4) is 10.4 Å². The Labute approximate surface area is 168 Å². The third kappa shape index (κ3) is 2.76. The van der Waals surface area contributed by atoms with Crippen molar-refractivity contribution >= 4 is 65.8 Å². The minimum absolute atomic E-state index is 0.275. The van der Waals surface area contributed by atoms with E-state index in [9.17, 15) is 4.79 Å². The molecule has 0 spiro atoms. The van der Waals surface area contributed by atoms with E-state index in [0.717, 1.165) is 27.5 Å². The Kier molecular flexibility index (Phi) is 4.61. The van der Waals surface area contributed by atoms with Gasteiger partial charge in [0.2, 0.25) is 10.7 Å². The molecule has 4 aromatic rings. The average molecular weight is 498 g/mol. The molecule has 1 N–H and O–H groups in total. The number of aryl methyl sites for hydroxylation is 1. The number of aldehydes is 1. The SMILES string of the molecule is C[s+]1c(-c2ccc(C=O)cc2)c(N(c2nc[nH]n2)N(Br)Br)n2ccnc21. The predicted octanol–water partition coefficient (Wildman–Crippen LogP) is 4.19. The smallest absolute Gasteiger partial charge is 0.298 e. The van der Waals surface area contributed by atoms with Crippen LogP contribution in [0.2, 0.25) is 0 Å². The maximum absolute atomic E-state index is 11.0. The Balaban J connectivity index is 2.00. The summed E-state index contributed by atoms with van der Waals surface area (Å²) in [6, 6.07) is 7.50. The Bertz CT molecular complexity index is 1060. The number of nitrogens with zero attached hydrogens (tertiary/aromatic N) is 6. The highest BCUT2D eigenvalue weighted by molar-refractivity contribution is 9.21. The van der Waals surface area contributed by atoms with Gasteiger partial charge in [0.15, 0.2) is 0 Å². The summed E-state index contributed by atoms with van der Waals surface area (Å²) >= 11 is 6.85. The molecular weight excluding hydrogens is 486 g/mol. The first-order valence-electron chi connectivity index (χ1n) is 7.39. The third-order valence-corrected chi connectivity index (χ3v) is 6.39. The average Bonchev–Trinajstić information content (AvgIpc) is 3.36. The molecule has 11 heteroatoms. The van der Waals surface area contributed by atoms with Gasteiger partial charge in [-0.3, -0.25) is 9.89 Å². The van der Waals surface area contributed by atoms with Crippen molar-refractivity contribution in [2.75, 3.05) is 5.01 Å². The van der Waals surface area contributed by atoms with Crippen LogP contribution < -0.4 is 5.01 Å². The summed E-state index contributed by atoms with van der Waals surface area (Å²) in [6.07, 6.45) is 8.15. The molecule has 0 bridgehead atoms. The second kappa shape index (κ2) is 6.91. The van der Waals surface area contributed by atoms with Crippen LogP contribution in [0.4, 0.5) is 11.8 Å². The molecular formula is C15H12Br2N7OS+. The van der Waals surface area contributed by atoms with E-state index >= 15 is 0 Å². The zero-order valence-electron chi connectivity index (χ0n) is 13.4. The minimum atomic E-state index is -0.275. The van der Waals surface area contributed by atoms with Gasteiger partial charge in [0.05, 0.1) is 6.20 Å². The molecule has 0 aliphatic rings. The maximum Gasteiger partial charge on any atom is 0.352 e. The van der Waals surface area contributed by atoms with E-state index < -0.39 is 0 Å². The van der Waals surface area contributed by atoms with Crippen LogP contribution in [0.15, 0.2) is 43.0 Å². The van der Waals surface area contributed by atoms with E-state index in [4.69, 9.17) is 0 Å². The molecule has 1 unspecified atom stereocenters. The summed E-state index contributed by atoms with van der Waals surface area (Å²) in [5, 5.41) is 8.71. The molecule has 0 radical (unpaired) electrons. The van der Waals surface area contributed by atoms with Crippen LogP contribution >= 0.6 is 42.8 Å². The Morgan fingerprint density at radius 2 is 2.00 bits per heavy atom. The number of hydrogen-bond donors (Lipinski definition) is 1. The van der Waals surface area contributed by atoms with E-state index in [1.54, 1.807) is 14.3 Å². The van der Waals surface area contributed by atoms with Crippen LogP contribution in [-0.4, -0.2) is 33.9 Å². The standard InChI is InChI=1S/C15H12Br2N7OS/c1-26-12(11-4-2-10(8-25)3-5-11)13(22-7-6-18-15(22)26)23(24(16)17)14-19-9-20-21-14/h2-9H,1H3,(H,19,20,21)/q+1. The number of hydrogen-bond acceptors (Lipinski definition) is 6. The van der Waals surface area contributed by atoms with E-state index in [1.165, 1.54) is 6.33 Å². The molecule has 0 aliphatic heterocycles. The van der Waals surface area contributed by atoms with Gasteiger partial charge in [0.25, 0.3) is 5.95 Å². The molecule has 132 valence electrons. The number of halogens is 2. The van der Waals surface area contributed by atoms with Crippen LogP contribution in [-0.2, 0) is 6.26 Å². The van der Waals surface area contributed by atoms with Gasteiger partial charge in [0.1, 0.15) is 18.9 Å². The van der Waals surface area contributed by atoms with E-state index in [-0.39, 0.29) is 10.5 Å². The molecule has 3 heterocycles. The van der Waals surface area contributed by atoms with Gasteiger partial charge in [-0.2, -0.15) is 15.0 Å². The van der Waals surface area contributed by atoms with Crippen LogP contribution in [0.3, 0.4) is 0 Å². The number of anilines is 2. The highest BCUT2D eigenvalue weighted by Crippen LogP contribution is 2.47. The lowest BCUT2D eigenvalue weighted by Crippen LogP contribution is -2.26. The van der Waals surface area contributed by atoms with Crippen molar-refractivity contribution in [3.63, 3.8) is 0 Å². The van der Waals surface area contributed by atoms with Crippen molar-refractivity contribution in [3.05, 3.63) is 48.5 Å². The molecule has 0 fully saturated rings. The van der Waals surface area contributed by atoms with E-state index in [0.29, 0.717) is 11.5 Å². The first kappa shape index (κ1) is 17.3. The van der Waals surface area contributed by atoms with Crippen molar-refractivity contribution in [1.29, 1.82) is 0 Å². The first-order chi connectivity index (χ1) is 12.6. The second-order valence-corrected chi connectivity index (χ2v) is 9.40. The van der Waals surface area contributed by atoms with Crippen molar-refractivity contribution in [2.45, 2.75) is 0 Å². The van der Waals surface area contributed by atoms with Gasteiger partial charge in [0, 0.05) is 60.1 Å². The number of imidazole rings is 1. The highest BCUT2D eigenvalue weighted by atomic mass is 79.9. The molecule has 0 saturated carbocycles. The summed E-state index contributed by atoms with van der Waals surface area (Å²) in [4.78, 5) is 21.8. The fraction of sp³-hybridized carbons (Fsp3) is 0.0667. The van der Waals surface area contributed by atoms with Gasteiger partial charge in [-0.05, 0) is 12.1 Å². The summed E-state index contributed by atoms with van der Waals surface area (Å²) in [6.45, 7) is 0. The number of H-pyrrole nitrogens is 1. The topological polar surface area (TPSA) is 82.4 Å². The van der Waals surface area contributed by atoms with Crippen molar-refractivity contribution in [1.82, 2.24) is 27.6 Å². The quantitative estimate of drug-likeness (QED) is 0.192. The fourth-order valence-electron chi connectivity index (χ4n) is 2.77. The third-order valence-electron chi connectivity index (χ3n) is 3.87. The van der Waals surface area contributed by atoms with E-state index in [2.05, 4.69) is 58.7 Å². The number of aromatic amines is 1. The minimum Gasteiger partial charge on any atom is -0.298 e. The monoisotopic (exact) mass is 496 g/mol. The summed E-state index contributed by atoms with van der Waals surface area (Å²) in [5.74, 6) is 1.30. The molecule has 26 heavy (non-hydrogen) atoms. The van der Waals surface area contributed by atoms with Gasteiger partial charge in [-0.25, -0.2) is 4.40 Å². The predicted molar refractivity (Wildman–Crippen MR) is 108 cm³/mol. The zero-order chi connectivity index (χ0) is 18.3. The van der Waals surface area contributed by atoms with E-state index in [1.807, 2.05) is 34.9 Å². The van der Waals surface area contributed by atoms with Crippen molar-refractivity contribution in [2.24, 2.45) is 6.26 Å². The summed E-state index contributed by atoms with van der Waals surface area (Å²) in [7, 11) is -0.275. The second-order valence-electron chi connectivity index (χ2n) is 5.31. The van der Waals surface area contributed by atoms with Gasteiger partial charge in [-0.1, -0.05) is 15.2 Å². The van der Waals surface area contributed by atoms with Crippen LogP contribution in [0.1, 0.15) is 10.4 Å². The highest BCUT2D eigenvalue weighted by Gasteiger charge is 2.34. The molecule has 0 amide bonds. The van der Waals surface area contributed by atoms with Gasteiger partial charge < -0.3 is 0 Å². The lowest BCUT2D eigenvalue weighted by Gasteiger charge is -2.22. The molecule has 0 saturated heterocycles. The number of thiazole rings is 1. The number of aromatic nitrogens is 5. The van der Waals surface area contributed by atoms with Crippen LogP contribution in [0, 0.1) is 0 Å².